The molecule has 0 aliphatic carbocycles. The van der Waals surface area contributed by atoms with E-state index in [-0.39, 0.29) is 125 Å². The molecule has 1 heterocycles. The fourth-order valence-corrected chi connectivity index (χ4v) is 5.23. The molecular weight excluding hydrogens is 650 g/mol. The zero-order valence-corrected chi connectivity index (χ0v) is 28.9. The van der Waals surface area contributed by atoms with Crippen molar-refractivity contribution in [3.63, 3.8) is 0 Å². The van der Waals surface area contributed by atoms with Crippen molar-refractivity contribution in [1.82, 2.24) is 9.78 Å². The summed E-state index contributed by atoms with van der Waals surface area (Å²) in [7, 11) is -10.5. The molecule has 0 atom stereocenters. The molecule has 4 rings (SSSR count). The Kier molecular flexibility index (Phi) is 11.6. The van der Waals surface area contributed by atoms with E-state index >= 15 is 0 Å². The van der Waals surface area contributed by atoms with Crippen molar-refractivity contribution in [2.45, 2.75) is 9.79 Å². The van der Waals surface area contributed by atoms with Crippen LogP contribution in [0.5, 0.6) is 0 Å². The molecule has 176 valence electrons. The second-order valence-corrected chi connectivity index (χ2v) is 11.1. The second kappa shape index (κ2) is 12.8. The van der Waals surface area contributed by atoms with Crippen LogP contribution < -0.4 is 108 Å². The maximum absolute atomic E-state index is 12.9. The molecular formula is C21H12BrClK2N2O7S2. The molecule has 0 amide bonds. The largest absolute Gasteiger partial charge is 1.00 e. The van der Waals surface area contributed by atoms with E-state index in [1.807, 2.05) is 0 Å². The van der Waals surface area contributed by atoms with Gasteiger partial charge in [-0.25, -0.2) is 21.5 Å². The Balaban J connectivity index is 0.00000228. The number of rotatable bonds is 5. The first kappa shape index (κ1) is 32.7. The molecule has 0 fully saturated rings. The van der Waals surface area contributed by atoms with Gasteiger partial charge in [0.2, 0.25) is 0 Å². The SMILES string of the molecule is O=c1cc(-c2ccccc2Cl)[nH]n1-c1cc(S(=O)(=O)[O-])cc(S(=O)(=O)[O-])c1-c1ccc(Br)cc1.[K+].[K+]. The third-order valence-electron chi connectivity index (χ3n) is 4.87. The molecule has 0 aliphatic rings. The van der Waals surface area contributed by atoms with Crippen LogP contribution in [0.15, 0.2) is 85.8 Å². The van der Waals surface area contributed by atoms with Crippen LogP contribution in [0.2, 0.25) is 5.02 Å². The van der Waals surface area contributed by atoms with Gasteiger partial charge in [0.05, 0.1) is 21.2 Å². The minimum atomic E-state index is -5.29. The first-order valence-electron chi connectivity index (χ1n) is 9.29. The van der Waals surface area contributed by atoms with Gasteiger partial charge in [0.15, 0.2) is 0 Å². The van der Waals surface area contributed by atoms with Crippen molar-refractivity contribution in [1.29, 1.82) is 0 Å². The van der Waals surface area contributed by atoms with Crippen molar-refractivity contribution in [3.8, 4) is 28.1 Å². The molecule has 15 heteroatoms. The molecule has 0 saturated heterocycles. The van der Waals surface area contributed by atoms with Crippen LogP contribution in [0.4, 0.5) is 0 Å². The minimum Gasteiger partial charge on any atom is -0.744 e. The quantitative estimate of drug-likeness (QED) is 0.187. The number of aromatic amines is 1. The number of hydrogen-bond donors (Lipinski definition) is 1. The van der Waals surface area contributed by atoms with E-state index in [2.05, 4.69) is 21.0 Å². The van der Waals surface area contributed by atoms with Crippen LogP contribution in [0, 0.1) is 0 Å². The molecule has 9 nitrogen and oxygen atoms in total. The zero-order valence-electron chi connectivity index (χ0n) is 18.7. The van der Waals surface area contributed by atoms with E-state index in [4.69, 9.17) is 11.6 Å². The first-order valence-corrected chi connectivity index (χ1v) is 13.3. The fourth-order valence-electron chi connectivity index (χ4n) is 3.39. The summed E-state index contributed by atoms with van der Waals surface area (Å²) in [5.41, 5.74) is -0.443. The monoisotopic (exact) mass is 660 g/mol. The molecule has 0 radical (unpaired) electrons. The van der Waals surface area contributed by atoms with Gasteiger partial charge < -0.3 is 9.11 Å². The normalized spacial score (nSPS) is 11.4. The average molecular weight is 662 g/mol. The summed E-state index contributed by atoms with van der Waals surface area (Å²) in [6.07, 6.45) is 0. The van der Waals surface area contributed by atoms with Crippen molar-refractivity contribution >= 4 is 47.8 Å². The number of aromatic nitrogens is 2. The maximum atomic E-state index is 12.9. The van der Waals surface area contributed by atoms with Gasteiger partial charge in [-0.05, 0) is 35.9 Å². The van der Waals surface area contributed by atoms with Gasteiger partial charge >= 0.3 is 103 Å². The van der Waals surface area contributed by atoms with Crippen molar-refractivity contribution in [2.24, 2.45) is 0 Å². The Labute approximate surface area is 305 Å². The van der Waals surface area contributed by atoms with Crippen LogP contribution in [0.25, 0.3) is 28.1 Å². The molecule has 0 spiro atoms. The predicted molar refractivity (Wildman–Crippen MR) is 126 cm³/mol. The summed E-state index contributed by atoms with van der Waals surface area (Å²) in [6, 6.07) is 15.1. The summed E-state index contributed by atoms with van der Waals surface area (Å²) in [5, 5.41) is 3.06. The molecule has 3 aromatic carbocycles. The van der Waals surface area contributed by atoms with Gasteiger partial charge in [-0.1, -0.05) is 57.9 Å². The average Bonchev–Trinajstić information content (AvgIpc) is 3.13. The third-order valence-corrected chi connectivity index (χ3v) is 7.40. The van der Waals surface area contributed by atoms with Crippen LogP contribution in [0.3, 0.4) is 0 Å². The Bertz CT molecular complexity index is 1710. The molecule has 1 aromatic heterocycles. The minimum absolute atomic E-state index is 0. The van der Waals surface area contributed by atoms with Crippen molar-refractivity contribution in [2.75, 3.05) is 0 Å². The van der Waals surface area contributed by atoms with Crippen LogP contribution in [0.1, 0.15) is 0 Å². The van der Waals surface area contributed by atoms with E-state index in [0.717, 1.165) is 16.8 Å². The number of nitrogens with zero attached hydrogens (tertiary/aromatic N) is 1. The molecule has 0 unspecified atom stereocenters. The maximum Gasteiger partial charge on any atom is 1.00 e. The van der Waals surface area contributed by atoms with E-state index in [9.17, 15) is 30.7 Å². The fraction of sp³-hybridized carbons (Fsp3) is 0. The summed E-state index contributed by atoms with van der Waals surface area (Å²) >= 11 is 9.45. The van der Waals surface area contributed by atoms with Crippen LogP contribution >= 0.6 is 27.5 Å². The third kappa shape index (κ3) is 7.18. The molecule has 1 N–H and O–H groups in total. The van der Waals surface area contributed by atoms with Gasteiger partial charge in [-0.15, -0.1) is 0 Å². The Morgan fingerprint density at radius 2 is 1.47 bits per heavy atom. The van der Waals surface area contributed by atoms with Gasteiger partial charge in [0.25, 0.3) is 5.56 Å². The van der Waals surface area contributed by atoms with Gasteiger partial charge in [-0.3, -0.25) is 9.89 Å². The Morgan fingerprint density at radius 3 is 2.03 bits per heavy atom. The number of halogens is 2. The summed E-state index contributed by atoms with van der Waals surface area (Å²) < 4.78 is 73.2. The molecule has 0 bridgehead atoms. The van der Waals surface area contributed by atoms with Gasteiger partial charge in [0.1, 0.15) is 20.2 Å². The number of H-pyrrole nitrogens is 1. The second-order valence-electron chi connectivity index (χ2n) is 7.05. The number of benzene rings is 3. The van der Waals surface area contributed by atoms with E-state index in [1.54, 1.807) is 36.4 Å². The van der Waals surface area contributed by atoms with E-state index < -0.39 is 35.6 Å². The smallest absolute Gasteiger partial charge is 0.744 e. The molecule has 0 aliphatic heterocycles. The Hall–Kier alpha value is 0.533. The number of nitrogens with one attached hydrogen (secondary N) is 1. The van der Waals surface area contributed by atoms with Gasteiger partial charge in [0, 0.05) is 26.7 Å². The summed E-state index contributed by atoms with van der Waals surface area (Å²) in [4.78, 5) is 11.0. The molecule has 4 aromatic rings. The van der Waals surface area contributed by atoms with E-state index in [1.165, 1.54) is 12.1 Å². The standard InChI is InChI=1S/C21H14BrClN2O7S2.2K/c22-13-7-5-12(6-8-13)21-18(9-14(33(27,28)29)10-19(21)34(30,31)32)25-20(26)11-17(24-25)15-3-1-2-4-16(15)23;;/h1-11,24H,(H,27,28,29)(H,30,31,32);;/q;2*+1/p-2. The Morgan fingerprint density at radius 1 is 0.861 bits per heavy atom. The van der Waals surface area contributed by atoms with Crippen molar-refractivity contribution in [3.05, 3.63) is 86.6 Å². The van der Waals surface area contributed by atoms with Crippen LogP contribution in [-0.4, -0.2) is 35.7 Å². The summed E-state index contributed by atoms with van der Waals surface area (Å²) in [5.74, 6) is 0. The zero-order chi connectivity index (χ0) is 24.8. The van der Waals surface area contributed by atoms with E-state index in [0.29, 0.717) is 21.1 Å². The number of hydrogen-bond acceptors (Lipinski definition) is 7. The first-order chi connectivity index (χ1) is 15.9. The molecule has 36 heavy (non-hydrogen) atoms. The molecule has 0 saturated carbocycles. The van der Waals surface area contributed by atoms with Crippen molar-refractivity contribution < 1.29 is 129 Å². The summed E-state index contributed by atoms with van der Waals surface area (Å²) in [6.45, 7) is 0. The van der Waals surface area contributed by atoms with Gasteiger partial charge in [-0.2, -0.15) is 0 Å². The predicted octanol–water partition coefficient (Wildman–Crippen LogP) is -2.27. The van der Waals surface area contributed by atoms with Crippen LogP contribution in [-0.2, 0) is 20.2 Å². The topological polar surface area (TPSA) is 152 Å².